The lowest BCUT2D eigenvalue weighted by Crippen LogP contribution is -1.96. The van der Waals surface area contributed by atoms with E-state index in [1.165, 1.54) is 33.3 Å². The summed E-state index contributed by atoms with van der Waals surface area (Å²) in [5.74, 6) is 1.63. The Morgan fingerprint density at radius 3 is 2.95 bits per heavy atom. The summed E-state index contributed by atoms with van der Waals surface area (Å²) >= 11 is 7.11. The minimum Gasteiger partial charge on any atom is -0.326 e. The van der Waals surface area contributed by atoms with Gasteiger partial charge in [0.2, 0.25) is 0 Å². The molecule has 0 spiro atoms. The monoisotopic (exact) mass is 354 g/mol. The van der Waals surface area contributed by atoms with E-state index in [0.29, 0.717) is 12.5 Å². The summed E-state index contributed by atoms with van der Waals surface area (Å²) in [6.45, 7) is 0.630. The van der Waals surface area contributed by atoms with Gasteiger partial charge in [-0.25, -0.2) is 4.98 Å². The number of aromatic nitrogens is 1. The Hall–Kier alpha value is -0.360. The van der Waals surface area contributed by atoms with Gasteiger partial charge in [-0.15, -0.1) is 23.1 Å². The highest BCUT2D eigenvalue weighted by Crippen LogP contribution is 2.43. The smallest absolute Gasteiger partial charge is 0.103 e. The molecule has 19 heavy (non-hydrogen) atoms. The van der Waals surface area contributed by atoms with Crippen LogP contribution in [0.2, 0.25) is 0 Å². The van der Waals surface area contributed by atoms with Crippen LogP contribution in [-0.2, 0) is 12.3 Å². The van der Waals surface area contributed by atoms with Crippen LogP contribution in [0.3, 0.4) is 0 Å². The van der Waals surface area contributed by atoms with Crippen LogP contribution in [0, 0.1) is 0 Å². The molecule has 5 heteroatoms. The summed E-state index contributed by atoms with van der Waals surface area (Å²) in [5.41, 5.74) is 7.09. The highest BCUT2D eigenvalue weighted by Gasteiger charge is 2.29. The Morgan fingerprint density at radius 1 is 1.42 bits per heavy atom. The molecule has 1 saturated carbocycles. The maximum absolute atomic E-state index is 5.81. The largest absolute Gasteiger partial charge is 0.326 e. The van der Waals surface area contributed by atoms with Gasteiger partial charge in [-0.05, 0) is 31.0 Å². The molecule has 1 aromatic carbocycles. The van der Waals surface area contributed by atoms with Gasteiger partial charge in [0.15, 0.2) is 0 Å². The first-order valence-electron chi connectivity index (χ1n) is 6.33. The van der Waals surface area contributed by atoms with E-state index in [0.717, 1.165) is 10.2 Å². The van der Waals surface area contributed by atoms with Crippen molar-refractivity contribution < 1.29 is 0 Å². The number of hydrogen-bond acceptors (Lipinski definition) is 4. The van der Waals surface area contributed by atoms with Crippen molar-refractivity contribution in [3.05, 3.63) is 44.3 Å². The summed E-state index contributed by atoms with van der Waals surface area (Å²) in [4.78, 5) is 7.34. The van der Waals surface area contributed by atoms with E-state index in [2.05, 4.69) is 34.1 Å². The van der Waals surface area contributed by atoms with E-state index in [4.69, 9.17) is 10.7 Å². The number of halogens is 1. The number of hydrogen-bond donors (Lipinski definition) is 1. The van der Waals surface area contributed by atoms with Gasteiger partial charge in [0.05, 0.1) is 11.4 Å². The normalized spacial score (nSPS) is 14.8. The summed E-state index contributed by atoms with van der Waals surface area (Å²) < 4.78 is 1.12. The Balaban J connectivity index is 1.69. The molecular formula is C14H15BrN2S2. The molecule has 2 nitrogen and oxygen atoms in total. The molecule has 1 aliphatic carbocycles. The Bertz CT molecular complexity index is 579. The minimum atomic E-state index is 0.630. The molecule has 0 amide bonds. The average molecular weight is 355 g/mol. The first-order chi connectivity index (χ1) is 9.26. The Labute approximate surface area is 129 Å². The lowest BCUT2D eigenvalue weighted by Gasteiger charge is -1.99. The number of nitrogens with two attached hydrogens (primary N) is 1. The second-order valence-electron chi connectivity index (χ2n) is 4.64. The second kappa shape index (κ2) is 5.95. The van der Waals surface area contributed by atoms with Crippen molar-refractivity contribution in [2.24, 2.45) is 5.73 Å². The summed E-state index contributed by atoms with van der Waals surface area (Å²) in [6.07, 6.45) is 2.57. The van der Waals surface area contributed by atoms with Crippen LogP contribution in [-0.4, -0.2) is 4.98 Å². The molecule has 1 heterocycles. The van der Waals surface area contributed by atoms with Gasteiger partial charge in [0, 0.05) is 26.7 Å². The van der Waals surface area contributed by atoms with Gasteiger partial charge in [-0.1, -0.05) is 22.0 Å². The molecule has 0 radical (unpaired) electrons. The Kier molecular flexibility index (Phi) is 4.27. The van der Waals surface area contributed by atoms with Crippen LogP contribution in [0.4, 0.5) is 0 Å². The zero-order chi connectivity index (χ0) is 13.2. The molecule has 0 unspecified atom stereocenters. The van der Waals surface area contributed by atoms with Crippen molar-refractivity contribution in [3.63, 3.8) is 0 Å². The van der Waals surface area contributed by atoms with Crippen LogP contribution in [0.15, 0.2) is 33.6 Å². The highest BCUT2D eigenvalue weighted by molar-refractivity contribution is 9.10. The minimum absolute atomic E-state index is 0.630. The molecular weight excluding hydrogens is 340 g/mol. The number of benzene rings is 1. The maximum Gasteiger partial charge on any atom is 0.103 e. The third-order valence-electron chi connectivity index (χ3n) is 3.08. The predicted octanol–water partition coefficient (Wildman–Crippen LogP) is 4.53. The number of rotatable bonds is 5. The van der Waals surface area contributed by atoms with Crippen molar-refractivity contribution in [2.75, 3.05) is 0 Å². The van der Waals surface area contributed by atoms with Gasteiger partial charge in [0.25, 0.3) is 0 Å². The fourth-order valence-corrected chi connectivity index (χ4v) is 4.53. The highest BCUT2D eigenvalue weighted by atomic mass is 79.9. The molecule has 1 aromatic heterocycles. The summed E-state index contributed by atoms with van der Waals surface area (Å²) in [6, 6.07) is 8.39. The lowest BCUT2D eigenvalue weighted by atomic mass is 10.2. The predicted molar refractivity (Wildman–Crippen MR) is 85.7 cm³/mol. The molecule has 2 N–H and O–H groups in total. The summed E-state index contributed by atoms with van der Waals surface area (Å²) in [5, 5.41) is 1.20. The topological polar surface area (TPSA) is 38.9 Å². The van der Waals surface area contributed by atoms with Crippen molar-refractivity contribution in [1.82, 2.24) is 4.98 Å². The average Bonchev–Trinajstić information content (AvgIpc) is 3.17. The zero-order valence-electron chi connectivity index (χ0n) is 10.4. The lowest BCUT2D eigenvalue weighted by molar-refractivity contribution is 0.968. The van der Waals surface area contributed by atoms with Gasteiger partial charge in [-0.3, -0.25) is 0 Å². The SMILES string of the molecule is NCc1sc(CSc2cccc(Br)c2)nc1C1CC1. The molecule has 0 atom stereocenters. The van der Waals surface area contributed by atoms with Gasteiger partial charge >= 0.3 is 0 Å². The molecule has 1 fully saturated rings. The van der Waals surface area contributed by atoms with Gasteiger partial charge in [0.1, 0.15) is 5.01 Å². The second-order valence-corrected chi connectivity index (χ2v) is 7.77. The van der Waals surface area contributed by atoms with Crippen molar-refractivity contribution in [2.45, 2.75) is 36.0 Å². The standard InChI is InChI=1S/C14H15BrN2S2/c15-10-2-1-3-11(6-10)18-8-13-17-14(9-4-5-9)12(7-16)19-13/h1-3,6,9H,4-5,7-8,16H2. The first kappa shape index (κ1) is 13.6. The van der Waals surface area contributed by atoms with E-state index in [1.807, 2.05) is 17.8 Å². The molecule has 3 rings (SSSR count). The fraction of sp³-hybridized carbons (Fsp3) is 0.357. The molecule has 0 saturated heterocycles. The van der Waals surface area contributed by atoms with Crippen LogP contribution in [0.25, 0.3) is 0 Å². The van der Waals surface area contributed by atoms with E-state index in [1.54, 1.807) is 11.3 Å². The van der Waals surface area contributed by atoms with Crippen molar-refractivity contribution >= 4 is 39.0 Å². The molecule has 0 aliphatic heterocycles. The number of thiazole rings is 1. The van der Waals surface area contributed by atoms with Crippen LogP contribution >= 0.6 is 39.0 Å². The number of thioether (sulfide) groups is 1. The van der Waals surface area contributed by atoms with Crippen molar-refractivity contribution in [3.8, 4) is 0 Å². The van der Waals surface area contributed by atoms with Crippen LogP contribution in [0.1, 0.15) is 34.3 Å². The third-order valence-corrected chi connectivity index (χ3v) is 5.85. The van der Waals surface area contributed by atoms with E-state index >= 15 is 0 Å². The van der Waals surface area contributed by atoms with Crippen LogP contribution in [0.5, 0.6) is 0 Å². The Morgan fingerprint density at radius 2 is 2.26 bits per heavy atom. The zero-order valence-corrected chi connectivity index (χ0v) is 13.7. The van der Waals surface area contributed by atoms with E-state index < -0.39 is 0 Å². The molecule has 1 aliphatic rings. The fourth-order valence-electron chi connectivity index (χ4n) is 2.00. The quantitative estimate of drug-likeness (QED) is 0.801. The van der Waals surface area contributed by atoms with E-state index in [-0.39, 0.29) is 0 Å². The van der Waals surface area contributed by atoms with E-state index in [9.17, 15) is 0 Å². The van der Waals surface area contributed by atoms with Crippen molar-refractivity contribution in [1.29, 1.82) is 0 Å². The first-order valence-corrected chi connectivity index (χ1v) is 8.92. The maximum atomic E-state index is 5.81. The van der Waals surface area contributed by atoms with Gasteiger partial charge < -0.3 is 5.73 Å². The van der Waals surface area contributed by atoms with Crippen LogP contribution < -0.4 is 5.73 Å². The third kappa shape index (κ3) is 3.40. The van der Waals surface area contributed by atoms with Gasteiger partial charge in [-0.2, -0.15) is 0 Å². The molecule has 2 aromatic rings. The summed E-state index contributed by atoms with van der Waals surface area (Å²) in [7, 11) is 0. The number of nitrogens with zero attached hydrogens (tertiary/aromatic N) is 1. The molecule has 0 bridgehead atoms. The molecule has 100 valence electrons.